The molecule has 0 aromatic heterocycles. The molecule has 0 aliphatic carbocycles. The maximum Gasteiger partial charge on any atom is 0.307 e. The fraction of sp³-hybridized carbons (Fsp3) is 0.846. The van der Waals surface area contributed by atoms with E-state index in [0.29, 0.717) is 17.6 Å². The van der Waals surface area contributed by atoms with Gasteiger partial charge in [0.1, 0.15) is 18.4 Å². The van der Waals surface area contributed by atoms with Crippen molar-refractivity contribution in [2.24, 2.45) is 26.6 Å². The van der Waals surface area contributed by atoms with Gasteiger partial charge in [0.05, 0.1) is 51.9 Å². The molecule has 1 atom stereocenters. The van der Waals surface area contributed by atoms with Crippen molar-refractivity contribution in [1.29, 1.82) is 5.41 Å². The van der Waals surface area contributed by atoms with E-state index < -0.39 is 24.0 Å². The number of carbonyl (C=O) groups excluding carboxylic acids is 2. The highest BCUT2D eigenvalue weighted by Crippen LogP contribution is 2.11. The molecule has 0 amide bonds. The van der Waals surface area contributed by atoms with Crippen LogP contribution in [0, 0.1) is 5.41 Å². The van der Waals surface area contributed by atoms with Gasteiger partial charge in [-0.25, -0.2) is 0 Å². The Hall–Kier alpha value is -2.98. The van der Waals surface area contributed by atoms with E-state index in [1.165, 1.54) is 71.8 Å². The maximum atomic E-state index is 10.7. The Labute approximate surface area is 293 Å². The molecule has 0 rings (SSSR count). The van der Waals surface area contributed by atoms with E-state index in [-0.39, 0.29) is 31.3 Å². The number of carboxylic acids is 2. The SMILES string of the molecule is CC(=O)O[C@@H](CC(=O)O)C[N+](C)(C)C.CCCCCCCCCCCCCN=N/N=N/OOOOOOCl.CN(CC(=O)[O-])C(=N)N.Cl. The van der Waals surface area contributed by atoms with Crippen LogP contribution in [0.1, 0.15) is 90.9 Å². The fourth-order valence-corrected chi connectivity index (χ4v) is 3.49. The number of halogens is 2. The van der Waals surface area contributed by atoms with Gasteiger partial charge in [-0.1, -0.05) is 75.6 Å². The first-order chi connectivity index (χ1) is 22.2. The minimum Gasteiger partial charge on any atom is -0.548 e. The van der Waals surface area contributed by atoms with E-state index in [1.54, 1.807) is 0 Å². The number of nitrogens with two attached hydrogens (primary N) is 1. The number of carboxylic acid groups (broad SMARTS) is 2. The molecule has 0 aromatic rings. The third kappa shape index (κ3) is 49.9. The standard InChI is InChI=1S/C13H27ClN4O6.C9H17NO4.C4H9N3O2.ClH/c1-2-3-4-5-6-7-8-9-10-11-12-13-15-16-17-18-20-22-24-23-21-19-14;1-7(11)14-8(5-9(12)13)6-10(2,3)4;1-7(4(5)6)2-3(8)9;/h2-13H2,1H3;8H,5-6H2,1-4H3;2H2,1H3,(H3,5,6)(H,8,9);1H/b16-15?,18-17+;;;/t;8-;;/m.0../s1. The second-order valence-corrected chi connectivity index (χ2v) is 11.1. The molecule has 0 fully saturated rings. The van der Waals surface area contributed by atoms with Crippen LogP contribution >= 0.6 is 24.3 Å². The zero-order chi connectivity index (χ0) is 36.3. The van der Waals surface area contributed by atoms with Crippen LogP contribution in [0.15, 0.2) is 20.8 Å². The molecular formula is C26H54Cl2N8O12. The van der Waals surface area contributed by atoms with Crippen molar-refractivity contribution in [3.63, 3.8) is 0 Å². The highest BCUT2D eigenvalue weighted by atomic mass is 35.5. The quantitative estimate of drug-likeness (QED) is 0.0166. The van der Waals surface area contributed by atoms with Crippen LogP contribution in [0.5, 0.6) is 0 Å². The van der Waals surface area contributed by atoms with Gasteiger partial charge in [0, 0.05) is 29.3 Å². The van der Waals surface area contributed by atoms with Crippen molar-refractivity contribution in [3.8, 4) is 0 Å². The molecule has 0 unspecified atom stereocenters. The summed E-state index contributed by atoms with van der Waals surface area (Å²) in [5, 5.41) is 53.2. The lowest BCUT2D eigenvalue weighted by atomic mass is 10.1. The largest absolute Gasteiger partial charge is 0.548 e. The minimum atomic E-state index is -1.24. The number of nitrogens with one attached hydrogen (secondary N) is 1. The number of likely N-dealkylation sites (N-methyl/N-ethyl adjacent to an activating group) is 2. The molecule has 0 bridgehead atoms. The molecule has 20 nitrogen and oxygen atoms in total. The first-order valence-electron chi connectivity index (χ1n) is 15.0. The van der Waals surface area contributed by atoms with E-state index in [9.17, 15) is 19.5 Å². The van der Waals surface area contributed by atoms with Crippen molar-refractivity contribution in [2.45, 2.75) is 97.0 Å². The number of carbonyl (C=O) groups is 3. The van der Waals surface area contributed by atoms with Gasteiger partial charge < -0.3 is 34.9 Å². The number of aliphatic carboxylic acids is 2. The van der Waals surface area contributed by atoms with Crippen molar-refractivity contribution in [2.75, 3.05) is 47.8 Å². The number of nitrogens with zero attached hydrogens (tertiary/aromatic N) is 6. The van der Waals surface area contributed by atoms with Crippen molar-refractivity contribution in [1.82, 2.24) is 4.90 Å². The van der Waals surface area contributed by atoms with E-state index in [4.69, 9.17) is 21.0 Å². The molecule has 0 heterocycles. The number of unbranched alkanes of at least 4 members (excludes halogenated alkanes) is 10. The Bertz CT molecular complexity index is 855. The summed E-state index contributed by atoms with van der Waals surface area (Å²) in [4.78, 5) is 36.0. The van der Waals surface area contributed by atoms with Crippen LogP contribution in [0.2, 0.25) is 0 Å². The third-order valence-corrected chi connectivity index (χ3v) is 5.49. The van der Waals surface area contributed by atoms with Crippen LogP contribution in [0.3, 0.4) is 0 Å². The predicted molar refractivity (Wildman–Crippen MR) is 171 cm³/mol. The highest BCUT2D eigenvalue weighted by Gasteiger charge is 2.23. The minimum absolute atomic E-state index is 0. The molecule has 284 valence electrons. The van der Waals surface area contributed by atoms with Gasteiger partial charge in [-0.2, -0.15) is 10.1 Å². The summed E-state index contributed by atoms with van der Waals surface area (Å²) in [5.74, 6) is -2.92. The van der Waals surface area contributed by atoms with Crippen molar-refractivity contribution < 1.29 is 63.4 Å². The monoisotopic (exact) mass is 740 g/mol. The molecular weight excluding hydrogens is 687 g/mol. The van der Waals surface area contributed by atoms with E-state index in [1.807, 2.05) is 21.1 Å². The Balaban J connectivity index is -0.000000340. The molecule has 0 aromatic carbocycles. The molecule has 48 heavy (non-hydrogen) atoms. The molecule has 4 N–H and O–H groups in total. The lowest BCUT2D eigenvalue weighted by Gasteiger charge is -2.28. The molecule has 0 saturated carbocycles. The number of esters is 1. The Morgan fingerprint density at radius 2 is 1.46 bits per heavy atom. The summed E-state index contributed by atoms with van der Waals surface area (Å²) in [6, 6.07) is 0. The smallest absolute Gasteiger partial charge is 0.307 e. The highest BCUT2D eigenvalue weighted by molar-refractivity contribution is 6.06. The molecule has 0 saturated heterocycles. The van der Waals surface area contributed by atoms with Gasteiger partial charge >= 0.3 is 11.9 Å². The van der Waals surface area contributed by atoms with Crippen molar-refractivity contribution in [3.05, 3.63) is 0 Å². The van der Waals surface area contributed by atoms with Gasteiger partial charge in [-0.15, -0.1) is 12.4 Å². The van der Waals surface area contributed by atoms with E-state index in [2.05, 4.69) is 69.2 Å². The first-order valence-corrected chi connectivity index (χ1v) is 15.3. The Morgan fingerprint density at radius 1 is 0.938 bits per heavy atom. The number of ether oxygens (including phenoxy) is 1. The summed E-state index contributed by atoms with van der Waals surface area (Å²) in [6.45, 7) is 4.27. The third-order valence-electron chi connectivity index (χ3n) is 5.44. The number of hydrogen-bond donors (Lipinski definition) is 3. The Morgan fingerprint density at radius 3 is 1.88 bits per heavy atom. The molecule has 22 heteroatoms. The van der Waals surface area contributed by atoms with E-state index >= 15 is 0 Å². The molecule has 0 spiro atoms. The van der Waals surface area contributed by atoms with Gasteiger partial charge in [-0.3, -0.25) is 15.0 Å². The lowest BCUT2D eigenvalue weighted by Crippen LogP contribution is -2.43. The lowest BCUT2D eigenvalue weighted by molar-refractivity contribution is -0.873. The zero-order valence-electron chi connectivity index (χ0n) is 28.7. The first kappa shape index (κ1) is 51.8. The number of guanidine groups is 1. The number of hydrogen-bond acceptors (Lipinski definition) is 14. The van der Waals surface area contributed by atoms with Gasteiger partial charge in [0.15, 0.2) is 12.1 Å². The number of rotatable bonds is 26. The molecule has 0 aliphatic heterocycles. The van der Waals surface area contributed by atoms with Crippen LogP contribution in [0.4, 0.5) is 0 Å². The van der Waals surface area contributed by atoms with Crippen molar-refractivity contribution >= 4 is 48.1 Å². The number of quaternary nitrogens is 1. The van der Waals surface area contributed by atoms with Gasteiger partial charge in [0.25, 0.3) is 0 Å². The van der Waals surface area contributed by atoms with Crippen LogP contribution in [-0.2, 0) is 48.7 Å². The average Bonchev–Trinajstić information content (AvgIpc) is 2.95. The fourth-order valence-electron chi connectivity index (χ4n) is 3.47. The topological polar surface area (TPSA) is 262 Å². The normalized spacial score (nSPS) is 11.4. The predicted octanol–water partition coefficient (Wildman–Crippen LogP) is 3.94. The molecule has 0 radical (unpaired) electrons. The second kappa shape index (κ2) is 36.8. The maximum absolute atomic E-state index is 10.7. The van der Waals surface area contributed by atoms with Crippen LogP contribution in [0.25, 0.3) is 0 Å². The van der Waals surface area contributed by atoms with Crippen LogP contribution in [-0.4, -0.2) is 92.3 Å². The summed E-state index contributed by atoms with van der Waals surface area (Å²) in [6.07, 6.45) is 13.4. The molecule has 0 aliphatic rings. The van der Waals surface area contributed by atoms with Crippen LogP contribution < -0.4 is 10.8 Å². The second-order valence-electron chi connectivity index (χ2n) is 11.0. The Kier molecular flexibility index (Phi) is 39.8. The zero-order valence-corrected chi connectivity index (χ0v) is 30.2. The van der Waals surface area contributed by atoms with Gasteiger partial charge in [0.2, 0.25) is 0 Å². The van der Waals surface area contributed by atoms with E-state index in [0.717, 1.165) is 17.7 Å². The summed E-state index contributed by atoms with van der Waals surface area (Å²) < 4.78 is 8.94. The average molecular weight is 742 g/mol. The summed E-state index contributed by atoms with van der Waals surface area (Å²) in [5.41, 5.74) is 4.90. The summed E-state index contributed by atoms with van der Waals surface area (Å²) >= 11 is 4.59. The summed E-state index contributed by atoms with van der Waals surface area (Å²) in [7, 11) is 7.15. The van der Waals surface area contributed by atoms with Gasteiger partial charge in [-0.05, 0) is 21.7 Å².